The molecule has 0 aliphatic heterocycles. The van der Waals surface area contributed by atoms with E-state index in [-0.39, 0.29) is 12.5 Å². The zero-order valence-electron chi connectivity index (χ0n) is 9.24. The van der Waals surface area contributed by atoms with E-state index in [1.165, 1.54) is 6.92 Å². The Balaban J connectivity index is 2.40. The highest BCUT2D eigenvalue weighted by molar-refractivity contribution is 6.30. The summed E-state index contributed by atoms with van der Waals surface area (Å²) < 4.78 is 0. The van der Waals surface area contributed by atoms with Gasteiger partial charge in [0.25, 0.3) is 0 Å². The average Bonchev–Trinajstić information content (AvgIpc) is 2.29. The first kappa shape index (κ1) is 13.5. The SMILES string of the molecule is CC(O)C(=O)NCC(=O)Nc1ccc(Cl)cc1. The largest absolute Gasteiger partial charge is 0.384 e. The van der Waals surface area contributed by atoms with E-state index in [0.29, 0.717) is 10.7 Å². The molecule has 17 heavy (non-hydrogen) atoms. The molecule has 1 unspecified atom stereocenters. The number of amides is 2. The van der Waals surface area contributed by atoms with Gasteiger partial charge in [-0.15, -0.1) is 0 Å². The molecule has 1 aromatic rings. The lowest BCUT2D eigenvalue weighted by Gasteiger charge is -2.08. The molecule has 0 aromatic heterocycles. The van der Waals surface area contributed by atoms with Crippen molar-refractivity contribution in [2.24, 2.45) is 0 Å². The molecule has 0 aliphatic carbocycles. The molecule has 0 aliphatic rings. The van der Waals surface area contributed by atoms with Crippen molar-refractivity contribution in [3.63, 3.8) is 0 Å². The summed E-state index contributed by atoms with van der Waals surface area (Å²) in [5.74, 6) is -0.961. The summed E-state index contributed by atoms with van der Waals surface area (Å²) in [6.07, 6.45) is -1.13. The average molecular weight is 257 g/mol. The van der Waals surface area contributed by atoms with Gasteiger partial charge in [-0.25, -0.2) is 0 Å². The van der Waals surface area contributed by atoms with E-state index in [2.05, 4.69) is 10.6 Å². The van der Waals surface area contributed by atoms with Crippen molar-refractivity contribution < 1.29 is 14.7 Å². The van der Waals surface area contributed by atoms with Crippen LogP contribution in [-0.4, -0.2) is 29.6 Å². The number of carbonyl (C=O) groups is 2. The zero-order valence-corrected chi connectivity index (χ0v) is 9.99. The monoisotopic (exact) mass is 256 g/mol. The molecule has 1 aromatic carbocycles. The molecule has 0 saturated carbocycles. The second-order valence-corrected chi connectivity index (χ2v) is 3.89. The van der Waals surface area contributed by atoms with Gasteiger partial charge in [-0.1, -0.05) is 11.6 Å². The Labute approximate surface area is 104 Å². The Bertz CT molecular complexity index is 404. The Morgan fingerprint density at radius 3 is 2.47 bits per heavy atom. The summed E-state index contributed by atoms with van der Waals surface area (Å²) in [7, 11) is 0. The third-order valence-corrected chi connectivity index (χ3v) is 2.18. The molecule has 1 atom stereocenters. The number of rotatable bonds is 4. The lowest BCUT2D eigenvalue weighted by molar-refractivity contribution is -0.130. The van der Waals surface area contributed by atoms with Gasteiger partial charge >= 0.3 is 0 Å². The predicted molar refractivity (Wildman–Crippen MR) is 64.8 cm³/mol. The summed E-state index contributed by atoms with van der Waals surface area (Å²) in [4.78, 5) is 22.4. The Morgan fingerprint density at radius 1 is 1.35 bits per heavy atom. The van der Waals surface area contributed by atoms with Crippen LogP contribution in [-0.2, 0) is 9.59 Å². The lowest BCUT2D eigenvalue weighted by atomic mass is 10.3. The van der Waals surface area contributed by atoms with Crippen molar-refractivity contribution in [3.8, 4) is 0 Å². The van der Waals surface area contributed by atoms with E-state index >= 15 is 0 Å². The number of halogens is 1. The molecular weight excluding hydrogens is 244 g/mol. The van der Waals surface area contributed by atoms with Gasteiger partial charge in [-0.2, -0.15) is 0 Å². The molecule has 0 heterocycles. The van der Waals surface area contributed by atoms with Crippen LogP contribution in [0.4, 0.5) is 5.69 Å². The van der Waals surface area contributed by atoms with Gasteiger partial charge in [0, 0.05) is 10.7 Å². The highest BCUT2D eigenvalue weighted by Crippen LogP contribution is 2.12. The van der Waals surface area contributed by atoms with Crippen LogP contribution >= 0.6 is 11.6 Å². The van der Waals surface area contributed by atoms with Gasteiger partial charge in [0.1, 0.15) is 6.10 Å². The summed E-state index contributed by atoms with van der Waals surface area (Å²) >= 11 is 5.69. The molecular formula is C11H13ClN2O3. The molecule has 0 fully saturated rings. The summed E-state index contributed by atoms with van der Waals surface area (Å²) in [5.41, 5.74) is 0.589. The maximum absolute atomic E-state index is 11.4. The molecule has 1 rings (SSSR count). The van der Waals surface area contributed by atoms with E-state index < -0.39 is 12.0 Å². The molecule has 0 spiro atoms. The highest BCUT2D eigenvalue weighted by Gasteiger charge is 2.10. The summed E-state index contributed by atoms with van der Waals surface area (Å²) in [6, 6.07) is 6.59. The van der Waals surface area contributed by atoms with Crippen LogP contribution < -0.4 is 10.6 Å². The lowest BCUT2D eigenvalue weighted by Crippen LogP contribution is -2.38. The van der Waals surface area contributed by atoms with Crippen molar-refractivity contribution in [1.82, 2.24) is 5.32 Å². The van der Waals surface area contributed by atoms with E-state index in [9.17, 15) is 9.59 Å². The van der Waals surface area contributed by atoms with Crippen LogP contribution in [0, 0.1) is 0 Å². The topological polar surface area (TPSA) is 78.4 Å². The quantitative estimate of drug-likeness (QED) is 0.745. The van der Waals surface area contributed by atoms with Crippen LogP contribution in [0.25, 0.3) is 0 Å². The normalized spacial score (nSPS) is 11.7. The third-order valence-electron chi connectivity index (χ3n) is 1.93. The first-order chi connectivity index (χ1) is 7.99. The number of anilines is 1. The molecule has 3 N–H and O–H groups in total. The number of hydrogen-bond acceptors (Lipinski definition) is 3. The van der Waals surface area contributed by atoms with E-state index in [4.69, 9.17) is 16.7 Å². The standard InChI is InChI=1S/C11H13ClN2O3/c1-7(15)11(17)13-6-10(16)14-9-4-2-8(12)3-5-9/h2-5,7,15H,6H2,1H3,(H,13,17)(H,14,16). The van der Waals surface area contributed by atoms with Gasteiger partial charge in [-0.3, -0.25) is 9.59 Å². The molecule has 0 radical (unpaired) electrons. The molecule has 92 valence electrons. The van der Waals surface area contributed by atoms with E-state index in [0.717, 1.165) is 0 Å². The van der Waals surface area contributed by atoms with Crippen LogP contribution in [0.15, 0.2) is 24.3 Å². The number of aliphatic hydroxyl groups is 1. The van der Waals surface area contributed by atoms with Gasteiger partial charge in [0.2, 0.25) is 11.8 Å². The van der Waals surface area contributed by atoms with Crippen LogP contribution in [0.2, 0.25) is 5.02 Å². The maximum atomic E-state index is 11.4. The van der Waals surface area contributed by atoms with Crippen molar-refractivity contribution in [1.29, 1.82) is 0 Å². The number of hydrogen-bond donors (Lipinski definition) is 3. The smallest absolute Gasteiger partial charge is 0.248 e. The van der Waals surface area contributed by atoms with Gasteiger partial charge in [-0.05, 0) is 31.2 Å². The third kappa shape index (κ3) is 4.84. The van der Waals surface area contributed by atoms with Crippen LogP contribution in [0.1, 0.15) is 6.92 Å². The van der Waals surface area contributed by atoms with Crippen LogP contribution in [0.3, 0.4) is 0 Å². The van der Waals surface area contributed by atoms with Crippen LogP contribution in [0.5, 0.6) is 0 Å². The minimum atomic E-state index is -1.13. The zero-order chi connectivity index (χ0) is 12.8. The Kier molecular flexibility index (Phi) is 4.93. The fourth-order valence-electron chi connectivity index (χ4n) is 1.05. The molecule has 0 saturated heterocycles. The van der Waals surface area contributed by atoms with E-state index in [1.54, 1.807) is 24.3 Å². The molecule has 5 nitrogen and oxygen atoms in total. The Hall–Kier alpha value is -1.59. The Morgan fingerprint density at radius 2 is 1.94 bits per heavy atom. The fraction of sp³-hybridized carbons (Fsp3) is 0.273. The number of nitrogens with one attached hydrogen (secondary N) is 2. The second kappa shape index (κ2) is 6.22. The number of aliphatic hydroxyl groups excluding tert-OH is 1. The van der Waals surface area contributed by atoms with Crippen molar-refractivity contribution in [3.05, 3.63) is 29.3 Å². The summed E-state index contributed by atoms with van der Waals surface area (Å²) in [5, 5.41) is 14.3. The first-order valence-corrected chi connectivity index (χ1v) is 5.38. The maximum Gasteiger partial charge on any atom is 0.248 e. The first-order valence-electron chi connectivity index (χ1n) is 5.00. The van der Waals surface area contributed by atoms with Crippen molar-refractivity contribution >= 4 is 29.1 Å². The van der Waals surface area contributed by atoms with Crippen molar-refractivity contribution in [2.45, 2.75) is 13.0 Å². The van der Waals surface area contributed by atoms with Crippen molar-refractivity contribution in [2.75, 3.05) is 11.9 Å². The highest BCUT2D eigenvalue weighted by atomic mass is 35.5. The van der Waals surface area contributed by atoms with Gasteiger partial charge < -0.3 is 15.7 Å². The number of carbonyl (C=O) groups excluding carboxylic acids is 2. The molecule has 0 bridgehead atoms. The summed E-state index contributed by atoms with van der Waals surface area (Å²) in [6.45, 7) is 1.14. The minimum Gasteiger partial charge on any atom is -0.384 e. The predicted octanol–water partition coefficient (Wildman–Crippen LogP) is 0.775. The minimum absolute atomic E-state index is 0.188. The fourth-order valence-corrected chi connectivity index (χ4v) is 1.18. The van der Waals surface area contributed by atoms with Gasteiger partial charge in [0.15, 0.2) is 0 Å². The number of benzene rings is 1. The van der Waals surface area contributed by atoms with E-state index in [1.807, 2.05) is 0 Å². The second-order valence-electron chi connectivity index (χ2n) is 3.45. The molecule has 2 amide bonds. The van der Waals surface area contributed by atoms with Gasteiger partial charge in [0.05, 0.1) is 6.54 Å². The molecule has 6 heteroatoms.